The molecule has 0 aliphatic carbocycles. The molecular formula is C11H12F11N2OP. The summed E-state index contributed by atoms with van der Waals surface area (Å²) in [6, 6.07) is 6.38. The maximum absolute atomic E-state index is 12.6. The fourth-order valence-electron chi connectivity index (χ4n) is 1.25. The zero-order chi connectivity index (χ0) is 21.0. The first-order valence-corrected chi connectivity index (χ1v) is 8.19. The minimum atomic E-state index is -10.7. The second kappa shape index (κ2) is 7.05. The van der Waals surface area contributed by atoms with Gasteiger partial charge in [0.05, 0.1) is 14.1 Å². The van der Waals surface area contributed by atoms with Crippen LogP contribution in [0.1, 0.15) is 0 Å². The van der Waals surface area contributed by atoms with Gasteiger partial charge in [0.2, 0.25) is 0 Å². The molecule has 0 saturated carbocycles. The summed E-state index contributed by atoms with van der Waals surface area (Å²) in [5, 5.41) is 0. The van der Waals surface area contributed by atoms with Gasteiger partial charge < -0.3 is 4.74 Å². The first kappa shape index (κ1) is 24.1. The van der Waals surface area contributed by atoms with Gasteiger partial charge in [-0.1, -0.05) is 23.1 Å². The van der Waals surface area contributed by atoms with Crippen LogP contribution in [0.5, 0.6) is 5.75 Å². The number of alkyl halides is 5. The summed E-state index contributed by atoms with van der Waals surface area (Å²) in [7, 11) is -8.30. The Labute approximate surface area is 139 Å². The van der Waals surface area contributed by atoms with E-state index in [1.54, 1.807) is 6.07 Å². The second-order valence-corrected chi connectivity index (χ2v) is 6.58. The summed E-state index contributed by atoms with van der Waals surface area (Å²) in [5.41, 5.74) is 0. The van der Waals surface area contributed by atoms with Crippen molar-refractivity contribution >= 4 is 13.8 Å². The molecule has 1 rings (SSSR count). The van der Waals surface area contributed by atoms with E-state index in [0.29, 0.717) is 0 Å². The molecule has 1 aromatic carbocycles. The van der Waals surface area contributed by atoms with Crippen LogP contribution in [0, 0.1) is 0 Å². The number of benzene rings is 1. The third-order valence-corrected chi connectivity index (χ3v) is 2.01. The predicted molar refractivity (Wildman–Crippen MR) is 71.7 cm³/mol. The van der Waals surface area contributed by atoms with Gasteiger partial charge in [-0.3, -0.25) is 0 Å². The van der Waals surface area contributed by atoms with E-state index in [1.165, 1.54) is 38.4 Å². The number of halogens is 11. The standard InChI is InChI=1S/C11H12F5N2O.F6P/c1-17(2)10(18(9(12)13)11(14,15)16)19-8-6-4-3-5-7-8;1-7(2,3,4,5)6/h3-7,9H,1-2H3;/q+1;-1. The molecule has 26 heavy (non-hydrogen) atoms. The molecule has 3 nitrogen and oxygen atoms in total. The van der Waals surface area contributed by atoms with E-state index in [-0.39, 0.29) is 5.75 Å². The topological polar surface area (TPSA) is 15.5 Å². The Morgan fingerprint density at radius 3 is 1.62 bits per heavy atom. The average Bonchev–Trinajstić information content (AvgIpc) is 2.33. The van der Waals surface area contributed by atoms with Crippen molar-refractivity contribution < 1.29 is 56.4 Å². The van der Waals surface area contributed by atoms with E-state index in [0.717, 1.165) is 4.58 Å². The van der Waals surface area contributed by atoms with E-state index < -0.39 is 31.6 Å². The molecule has 0 amide bonds. The third kappa shape index (κ3) is 12.5. The molecule has 0 atom stereocenters. The van der Waals surface area contributed by atoms with Crippen molar-refractivity contribution in [2.45, 2.75) is 12.8 Å². The Hall–Kier alpha value is -1.85. The summed E-state index contributed by atoms with van der Waals surface area (Å²) in [5.74, 6) is 0.0288. The summed E-state index contributed by atoms with van der Waals surface area (Å²) in [6.07, 6.45) is -5.25. The van der Waals surface area contributed by atoms with Gasteiger partial charge in [0, 0.05) is 0 Å². The first-order chi connectivity index (χ1) is 11.2. The Balaban J connectivity index is 0.000000758. The van der Waals surface area contributed by atoms with Crippen LogP contribution < -0.4 is 4.74 Å². The van der Waals surface area contributed by atoms with Crippen LogP contribution >= 0.6 is 7.81 Å². The van der Waals surface area contributed by atoms with Gasteiger partial charge in [-0.05, 0) is 12.1 Å². The van der Waals surface area contributed by atoms with Crippen molar-refractivity contribution in [3.05, 3.63) is 30.3 Å². The van der Waals surface area contributed by atoms with Gasteiger partial charge in [-0.25, -0.2) is 4.58 Å². The molecular weight excluding hydrogens is 416 g/mol. The molecule has 0 aliphatic rings. The van der Waals surface area contributed by atoms with Crippen molar-refractivity contribution in [2.24, 2.45) is 0 Å². The van der Waals surface area contributed by atoms with Crippen molar-refractivity contribution in [3.8, 4) is 5.75 Å². The van der Waals surface area contributed by atoms with Gasteiger partial charge in [-0.2, -0.15) is 8.78 Å². The molecule has 0 aliphatic heterocycles. The number of rotatable bonds is 2. The molecule has 0 saturated heterocycles. The van der Waals surface area contributed by atoms with Crippen LogP contribution in [-0.4, -0.2) is 42.4 Å². The number of para-hydroxylation sites is 1. The molecule has 0 aromatic heterocycles. The molecule has 0 bridgehead atoms. The van der Waals surface area contributed by atoms with E-state index in [2.05, 4.69) is 0 Å². The number of hydrogen-bond acceptors (Lipinski definition) is 1. The van der Waals surface area contributed by atoms with Crippen LogP contribution in [0.2, 0.25) is 0 Å². The van der Waals surface area contributed by atoms with Gasteiger partial charge in [0.25, 0.3) is 0 Å². The number of ether oxygens (including phenoxy) is 1. The Bertz CT molecular complexity index is 609. The molecule has 0 unspecified atom stereocenters. The summed E-state index contributed by atoms with van der Waals surface area (Å²) < 4.78 is 128. The minimum absolute atomic E-state index is 0.0288. The van der Waals surface area contributed by atoms with E-state index in [1.807, 2.05) is 0 Å². The van der Waals surface area contributed by atoms with Crippen molar-refractivity contribution in [1.29, 1.82) is 0 Å². The van der Waals surface area contributed by atoms with Crippen LogP contribution in [-0.2, 0) is 0 Å². The fraction of sp³-hybridized carbons (Fsp3) is 0.364. The van der Waals surface area contributed by atoms with Crippen LogP contribution in [0.4, 0.5) is 47.1 Å². The van der Waals surface area contributed by atoms with Crippen LogP contribution in [0.25, 0.3) is 0 Å². The zero-order valence-electron chi connectivity index (χ0n) is 12.9. The summed E-state index contributed by atoms with van der Waals surface area (Å²) in [4.78, 5) is -1.04. The maximum atomic E-state index is 12.6. The molecule has 0 spiro atoms. The molecule has 0 fully saturated rings. The monoisotopic (exact) mass is 428 g/mol. The second-order valence-electron chi connectivity index (χ2n) is 4.67. The molecule has 15 heteroatoms. The van der Waals surface area contributed by atoms with Crippen molar-refractivity contribution in [1.82, 2.24) is 4.90 Å². The van der Waals surface area contributed by atoms with Gasteiger partial charge in [0.15, 0.2) is 0 Å². The zero-order valence-corrected chi connectivity index (χ0v) is 13.8. The molecule has 0 radical (unpaired) electrons. The van der Waals surface area contributed by atoms with Crippen molar-refractivity contribution in [3.63, 3.8) is 0 Å². The Morgan fingerprint density at radius 1 is 0.962 bits per heavy atom. The van der Waals surface area contributed by atoms with E-state index >= 15 is 0 Å². The molecule has 0 N–H and O–H groups in total. The SMILES string of the molecule is C[N+](C)=C(Oc1ccccc1)N(C(F)F)C(F)(F)F.F[P-](F)(F)(F)(F)F. The summed E-state index contributed by atoms with van der Waals surface area (Å²) >= 11 is 0. The van der Waals surface area contributed by atoms with E-state index in [4.69, 9.17) is 4.74 Å². The van der Waals surface area contributed by atoms with Gasteiger partial charge in [0.1, 0.15) is 5.75 Å². The third-order valence-electron chi connectivity index (χ3n) is 2.01. The quantitative estimate of drug-likeness (QED) is 0.141. The number of amidine groups is 1. The van der Waals surface area contributed by atoms with Crippen LogP contribution in [0.3, 0.4) is 0 Å². The van der Waals surface area contributed by atoms with E-state index in [9.17, 15) is 47.1 Å². The predicted octanol–water partition coefficient (Wildman–Crippen LogP) is 6.12. The Kier molecular flexibility index (Phi) is 6.54. The Morgan fingerprint density at radius 2 is 1.35 bits per heavy atom. The van der Waals surface area contributed by atoms with Crippen molar-refractivity contribution in [2.75, 3.05) is 14.1 Å². The number of nitrogens with zero attached hydrogens (tertiary/aromatic N) is 2. The summed E-state index contributed by atoms with van der Waals surface area (Å²) in [6.45, 7) is -3.76. The van der Waals surface area contributed by atoms with Gasteiger partial charge >= 0.3 is 51.9 Å². The molecule has 1 aromatic rings. The average molecular weight is 428 g/mol. The normalized spacial score (nSPS) is 14.5. The molecule has 0 heterocycles. The number of hydrogen-bond donors (Lipinski definition) is 0. The fourth-order valence-corrected chi connectivity index (χ4v) is 1.25. The first-order valence-electron chi connectivity index (χ1n) is 6.16. The van der Waals surface area contributed by atoms with Crippen LogP contribution in [0.15, 0.2) is 30.3 Å². The van der Waals surface area contributed by atoms with Gasteiger partial charge in [-0.15, -0.1) is 13.2 Å². The molecule has 154 valence electrons.